The molecule has 0 saturated carbocycles. The van der Waals surface area contributed by atoms with Crippen molar-refractivity contribution in [1.29, 1.82) is 0 Å². The predicted molar refractivity (Wildman–Crippen MR) is 77.7 cm³/mol. The molecule has 0 unspecified atom stereocenters. The number of pyridine rings is 1. The Morgan fingerprint density at radius 2 is 2.00 bits per heavy atom. The zero-order valence-corrected chi connectivity index (χ0v) is 12.7. The number of rotatable bonds is 8. The van der Waals surface area contributed by atoms with Gasteiger partial charge in [-0.05, 0) is 18.9 Å². The van der Waals surface area contributed by atoms with Gasteiger partial charge in [-0.2, -0.15) is 4.31 Å². The van der Waals surface area contributed by atoms with Crippen molar-refractivity contribution >= 4 is 15.8 Å². The van der Waals surface area contributed by atoms with E-state index >= 15 is 0 Å². The minimum absolute atomic E-state index is 0.302. The maximum Gasteiger partial charge on any atom is 0.243 e. The third-order valence-corrected chi connectivity index (χ3v) is 4.72. The molecule has 5 nitrogen and oxygen atoms in total. The Labute approximate surface area is 116 Å². The number of hydrogen-bond acceptors (Lipinski definition) is 4. The summed E-state index contributed by atoms with van der Waals surface area (Å²) in [5.74, 6) is 0.607. The molecular formula is C13H23N3O2S. The maximum atomic E-state index is 12.4. The lowest BCUT2D eigenvalue weighted by atomic mass is 10.4. The lowest BCUT2D eigenvalue weighted by Crippen LogP contribution is -2.31. The molecule has 0 aliphatic rings. The van der Waals surface area contributed by atoms with Gasteiger partial charge in [0.1, 0.15) is 5.82 Å². The second-order valence-electron chi connectivity index (χ2n) is 4.30. The van der Waals surface area contributed by atoms with Gasteiger partial charge >= 0.3 is 0 Å². The van der Waals surface area contributed by atoms with Crippen LogP contribution in [0.1, 0.15) is 33.6 Å². The molecule has 0 bridgehead atoms. The Bertz CT molecular complexity index is 488. The van der Waals surface area contributed by atoms with Gasteiger partial charge in [0.15, 0.2) is 0 Å². The van der Waals surface area contributed by atoms with Crippen molar-refractivity contribution < 1.29 is 8.42 Å². The van der Waals surface area contributed by atoms with Gasteiger partial charge in [0.25, 0.3) is 0 Å². The number of hydrogen-bond donors (Lipinski definition) is 1. The minimum atomic E-state index is -3.41. The van der Waals surface area contributed by atoms with Crippen LogP contribution in [0, 0.1) is 0 Å². The molecule has 0 amide bonds. The molecule has 0 atom stereocenters. The molecule has 1 rings (SSSR count). The van der Waals surface area contributed by atoms with Crippen LogP contribution in [-0.2, 0) is 10.0 Å². The third-order valence-electron chi connectivity index (χ3n) is 2.75. The fourth-order valence-electron chi connectivity index (χ4n) is 1.77. The molecule has 0 aliphatic carbocycles. The van der Waals surface area contributed by atoms with Crippen LogP contribution < -0.4 is 5.32 Å². The van der Waals surface area contributed by atoms with Crippen molar-refractivity contribution in [2.24, 2.45) is 0 Å². The molecule has 0 saturated heterocycles. The van der Waals surface area contributed by atoms with E-state index in [0.717, 1.165) is 19.4 Å². The van der Waals surface area contributed by atoms with E-state index < -0.39 is 10.0 Å². The van der Waals surface area contributed by atoms with E-state index in [9.17, 15) is 8.42 Å². The van der Waals surface area contributed by atoms with E-state index in [1.165, 1.54) is 10.5 Å². The zero-order valence-electron chi connectivity index (χ0n) is 11.9. The summed E-state index contributed by atoms with van der Waals surface area (Å²) in [6.45, 7) is 7.68. The maximum absolute atomic E-state index is 12.4. The summed E-state index contributed by atoms with van der Waals surface area (Å²) in [7, 11) is -3.41. The first-order valence-corrected chi connectivity index (χ1v) is 8.20. The molecule has 0 radical (unpaired) electrons. The molecule has 0 aliphatic heterocycles. The first-order valence-electron chi connectivity index (χ1n) is 6.76. The van der Waals surface area contributed by atoms with Gasteiger partial charge in [0, 0.05) is 31.9 Å². The summed E-state index contributed by atoms with van der Waals surface area (Å²) < 4.78 is 26.4. The van der Waals surface area contributed by atoms with E-state index in [1.807, 2.05) is 20.8 Å². The van der Waals surface area contributed by atoms with Crippen LogP contribution in [0.25, 0.3) is 0 Å². The highest BCUT2D eigenvalue weighted by molar-refractivity contribution is 7.89. The molecule has 19 heavy (non-hydrogen) atoms. The van der Waals surface area contributed by atoms with E-state index in [1.54, 1.807) is 12.1 Å². The zero-order chi connectivity index (χ0) is 14.3. The monoisotopic (exact) mass is 285 g/mol. The fourth-order valence-corrected chi connectivity index (χ4v) is 3.32. The normalized spacial score (nSPS) is 11.8. The van der Waals surface area contributed by atoms with Crippen molar-refractivity contribution in [1.82, 2.24) is 9.29 Å². The Kier molecular flexibility index (Phi) is 6.24. The Balaban J connectivity index is 3.00. The quantitative estimate of drug-likeness (QED) is 0.796. The summed E-state index contributed by atoms with van der Waals surface area (Å²) in [5, 5.41) is 3.10. The Hall–Kier alpha value is -1.14. The number of sulfonamides is 1. The summed E-state index contributed by atoms with van der Waals surface area (Å²) in [6.07, 6.45) is 3.30. The van der Waals surface area contributed by atoms with E-state index in [0.29, 0.717) is 23.8 Å². The van der Waals surface area contributed by atoms with Gasteiger partial charge in [-0.3, -0.25) is 0 Å². The smallest absolute Gasteiger partial charge is 0.243 e. The van der Waals surface area contributed by atoms with Crippen LogP contribution in [0.3, 0.4) is 0 Å². The molecule has 0 spiro atoms. The molecule has 1 aromatic heterocycles. The second kappa shape index (κ2) is 7.45. The Morgan fingerprint density at radius 3 is 2.58 bits per heavy atom. The molecule has 108 valence electrons. The van der Waals surface area contributed by atoms with Crippen molar-refractivity contribution in [3.8, 4) is 0 Å². The highest BCUT2D eigenvalue weighted by Gasteiger charge is 2.22. The number of anilines is 1. The van der Waals surface area contributed by atoms with Gasteiger partial charge in [-0.15, -0.1) is 0 Å². The Morgan fingerprint density at radius 1 is 1.26 bits per heavy atom. The van der Waals surface area contributed by atoms with E-state index in [-0.39, 0.29) is 0 Å². The lowest BCUT2D eigenvalue weighted by molar-refractivity contribution is 0.427. The fraction of sp³-hybridized carbons (Fsp3) is 0.615. The molecule has 6 heteroatoms. The number of aromatic nitrogens is 1. The standard InChI is InChI=1S/C13H23N3O2S/c1-4-8-14-13-11-12(7-9-15-13)19(17,18)16(6-3)10-5-2/h7,9,11H,4-6,8,10H2,1-3H3,(H,14,15). The van der Waals surface area contributed by atoms with Crippen LogP contribution in [0.2, 0.25) is 0 Å². The van der Waals surface area contributed by atoms with Gasteiger partial charge < -0.3 is 5.32 Å². The van der Waals surface area contributed by atoms with Gasteiger partial charge in [-0.1, -0.05) is 20.8 Å². The number of nitrogens with one attached hydrogen (secondary N) is 1. The molecular weight excluding hydrogens is 262 g/mol. The van der Waals surface area contributed by atoms with Crippen molar-refractivity contribution in [2.45, 2.75) is 38.5 Å². The largest absolute Gasteiger partial charge is 0.370 e. The van der Waals surface area contributed by atoms with Crippen LogP contribution in [0.5, 0.6) is 0 Å². The lowest BCUT2D eigenvalue weighted by Gasteiger charge is -2.20. The van der Waals surface area contributed by atoms with Crippen LogP contribution in [0.4, 0.5) is 5.82 Å². The first kappa shape index (κ1) is 15.9. The molecule has 1 heterocycles. The van der Waals surface area contributed by atoms with Crippen LogP contribution in [0.15, 0.2) is 23.2 Å². The van der Waals surface area contributed by atoms with E-state index in [2.05, 4.69) is 10.3 Å². The predicted octanol–water partition coefficient (Wildman–Crippen LogP) is 2.32. The summed E-state index contributed by atoms with van der Waals surface area (Å²) >= 11 is 0. The highest BCUT2D eigenvalue weighted by atomic mass is 32.2. The van der Waals surface area contributed by atoms with Crippen LogP contribution in [-0.4, -0.2) is 37.3 Å². The van der Waals surface area contributed by atoms with E-state index in [4.69, 9.17) is 0 Å². The average Bonchev–Trinajstić information content (AvgIpc) is 2.42. The van der Waals surface area contributed by atoms with Crippen LogP contribution >= 0.6 is 0 Å². The molecule has 0 fully saturated rings. The van der Waals surface area contributed by atoms with Gasteiger partial charge in [-0.25, -0.2) is 13.4 Å². The minimum Gasteiger partial charge on any atom is -0.370 e. The van der Waals surface area contributed by atoms with Crippen molar-refractivity contribution in [2.75, 3.05) is 25.0 Å². The summed E-state index contributed by atoms with van der Waals surface area (Å²) in [4.78, 5) is 4.43. The molecule has 1 aromatic rings. The average molecular weight is 285 g/mol. The summed E-state index contributed by atoms with van der Waals surface area (Å²) in [5.41, 5.74) is 0. The molecule has 1 N–H and O–H groups in total. The highest BCUT2D eigenvalue weighted by Crippen LogP contribution is 2.18. The number of nitrogens with zero attached hydrogens (tertiary/aromatic N) is 2. The first-order chi connectivity index (χ1) is 9.06. The SMILES string of the molecule is CCCNc1cc(S(=O)(=O)N(CC)CCC)ccn1. The van der Waals surface area contributed by atoms with Gasteiger partial charge in [0.05, 0.1) is 4.90 Å². The van der Waals surface area contributed by atoms with Crippen molar-refractivity contribution in [3.63, 3.8) is 0 Å². The molecule has 0 aromatic carbocycles. The topological polar surface area (TPSA) is 62.3 Å². The van der Waals surface area contributed by atoms with Gasteiger partial charge in [0.2, 0.25) is 10.0 Å². The summed E-state index contributed by atoms with van der Waals surface area (Å²) in [6, 6.07) is 3.15. The third kappa shape index (κ3) is 4.18. The second-order valence-corrected chi connectivity index (χ2v) is 6.24. The van der Waals surface area contributed by atoms with Crippen molar-refractivity contribution in [3.05, 3.63) is 18.3 Å².